The quantitative estimate of drug-likeness (QED) is 0.798. The Morgan fingerprint density at radius 1 is 1.09 bits per heavy atom. The number of halogens is 2. The SMILES string of the molecule is CCCCN1CCC2(CC1)CCN(c1ccc(Cl)cc1)C2=O.Cl. The van der Waals surface area contributed by atoms with Crippen LogP contribution in [0.2, 0.25) is 5.02 Å². The second kappa shape index (κ2) is 7.87. The Hall–Kier alpha value is -0.770. The molecular formula is C18H26Cl2N2O. The Bertz CT molecular complexity index is 524. The largest absolute Gasteiger partial charge is 0.312 e. The van der Waals surface area contributed by atoms with E-state index in [-0.39, 0.29) is 17.8 Å². The van der Waals surface area contributed by atoms with Crippen LogP contribution in [0.5, 0.6) is 0 Å². The number of likely N-dealkylation sites (tertiary alicyclic amines) is 1. The topological polar surface area (TPSA) is 23.6 Å². The molecule has 1 aromatic carbocycles. The van der Waals surface area contributed by atoms with Crippen molar-refractivity contribution in [2.75, 3.05) is 31.1 Å². The predicted molar refractivity (Wildman–Crippen MR) is 98.7 cm³/mol. The predicted octanol–water partition coefficient (Wildman–Crippen LogP) is 4.38. The second-order valence-electron chi connectivity index (χ2n) is 6.66. The van der Waals surface area contributed by atoms with E-state index in [4.69, 9.17) is 11.6 Å². The minimum atomic E-state index is -0.109. The van der Waals surface area contributed by atoms with Crippen molar-refractivity contribution in [3.05, 3.63) is 29.3 Å². The zero-order chi connectivity index (χ0) is 15.6. The number of carbonyl (C=O) groups is 1. The molecule has 128 valence electrons. The highest BCUT2D eigenvalue weighted by Crippen LogP contribution is 2.43. The number of hydrogen-bond donors (Lipinski definition) is 0. The fraction of sp³-hybridized carbons (Fsp3) is 0.611. The summed E-state index contributed by atoms with van der Waals surface area (Å²) in [5.41, 5.74) is 0.877. The summed E-state index contributed by atoms with van der Waals surface area (Å²) in [6, 6.07) is 7.64. The van der Waals surface area contributed by atoms with Crippen LogP contribution in [0, 0.1) is 5.41 Å². The minimum absolute atomic E-state index is 0. The normalized spacial score (nSPS) is 20.8. The van der Waals surface area contributed by atoms with E-state index in [9.17, 15) is 4.79 Å². The molecule has 0 unspecified atom stereocenters. The van der Waals surface area contributed by atoms with Crippen LogP contribution in [0.1, 0.15) is 39.0 Å². The van der Waals surface area contributed by atoms with Crippen LogP contribution in [0.15, 0.2) is 24.3 Å². The standard InChI is InChI=1S/C18H25ClN2O.ClH/c1-2-3-11-20-12-8-18(9-13-20)10-14-21(17(18)22)16-6-4-15(19)5-7-16;/h4-7H,2-3,8-14H2,1H3;1H. The van der Waals surface area contributed by atoms with Crippen molar-refractivity contribution in [3.8, 4) is 0 Å². The summed E-state index contributed by atoms with van der Waals surface area (Å²) in [6.07, 6.45) is 5.53. The number of anilines is 1. The first-order chi connectivity index (χ1) is 10.6. The van der Waals surface area contributed by atoms with Gasteiger partial charge in [-0.1, -0.05) is 24.9 Å². The zero-order valence-electron chi connectivity index (χ0n) is 13.8. The number of carbonyl (C=O) groups excluding carboxylic acids is 1. The van der Waals surface area contributed by atoms with Gasteiger partial charge in [-0.2, -0.15) is 0 Å². The molecule has 23 heavy (non-hydrogen) atoms. The number of piperidine rings is 1. The zero-order valence-corrected chi connectivity index (χ0v) is 15.3. The molecule has 2 heterocycles. The van der Waals surface area contributed by atoms with Gasteiger partial charge in [-0.3, -0.25) is 4.79 Å². The molecule has 3 nitrogen and oxygen atoms in total. The first-order valence-electron chi connectivity index (χ1n) is 8.44. The van der Waals surface area contributed by atoms with E-state index in [2.05, 4.69) is 11.8 Å². The summed E-state index contributed by atoms with van der Waals surface area (Å²) in [6.45, 7) is 6.40. The summed E-state index contributed by atoms with van der Waals surface area (Å²) >= 11 is 5.95. The van der Waals surface area contributed by atoms with Crippen molar-refractivity contribution >= 4 is 35.6 Å². The monoisotopic (exact) mass is 356 g/mol. The average molecular weight is 357 g/mol. The maximum Gasteiger partial charge on any atom is 0.233 e. The lowest BCUT2D eigenvalue weighted by atomic mass is 9.77. The molecule has 2 saturated heterocycles. The summed E-state index contributed by atoms with van der Waals surface area (Å²) in [4.78, 5) is 17.4. The van der Waals surface area contributed by atoms with E-state index in [1.807, 2.05) is 29.2 Å². The molecule has 0 saturated carbocycles. The lowest BCUT2D eigenvalue weighted by molar-refractivity contribution is -0.128. The molecule has 0 aliphatic carbocycles. The Morgan fingerprint density at radius 2 is 1.70 bits per heavy atom. The highest BCUT2D eigenvalue weighted by molar-refractivity contribution is 6.30. The van der Waals surface area contributed by atoms with E-state index in [1.54, 1.807) is 0 Å². The lowest BCUT2D eigenvalue weighted by Crippen LogP contribution is -2.44. The van der Waals surface area contributed by atoms with Crippen molar-refractivity contribution < 1.29 is 4.79 Å². The second-order valence-corrected chi connectivity index (χ2v) is 7.10. The van der Waals surface area contributed by atoms with Crippen LogP contribution in [0.4, 0.5) is 5.69 Å². The molecule has 0 N–H and O–H groups in total. The van der Waals surface area contributed by atoms with Gasteiger partial charge in [0.25, 0.3) is 0 Å². The Balaban J connectivity index is 0.00000192. The Kier molecular flexibility index (Phi) is 6.35. The van der Waals surface area contributed by atoms with Crippen molar-refractivity contribution in [2.24, 2.45) is 5.41 Å². The van der Waals surface area contributed by atoms with E-state index in [0.29, 0.717) is 10.9 Å². The minimum Gasteiger partial charge on any atom is -0.312 e. The van der Waals surface area contributed by atoms with Gasteiger partial charge in [-0.15, -0.1) is 12.4 Å². The van der Waals surface area contributed by atoms with Gasteiger partial charge in [-0.25, -0.2) is 0 Å². The molecule has 0 aromatic heterocycles. The van der Waals surface area contributed by atoms with Gasteiger partial charge >= 0.3 is 0 Å². The number of benzene rings is 1. The molecule has 0 radical (unpaired) electrons. The maximum absolute atomic E-state index is 13.0. The van der Waals surface area contributed by atoms with Crippen LogP contribution in [0.3, 0.4) is 0 Å². The van der Waals surface area contributed by atoms with E-state index < -0.39 is 0 Å². The smallest absolute Gasteiger partial charge is 0.233 e. The molecule has 1 amide bonds. The third kappa shape index (κ3) is 3.84. The first-order valence-corrected chi connectivity index (χ1v) is 8.82. The van der Waals surface area contributed by atoms with Crippen molar-refractivity contribution in [2.45, 2.75) is 39.0 Å². The molecule has 1 aromatic rings. The summed E-state index contributed by atoms with van der Waals surface area (Å²) in [5, 5.41) is 0.717. The Morgan fingerprint density at radius 3 is 2.30 bits per heavy atom. The summed E-state index contributed by atoms with van der Waals surface area (Å²) in [7, 11) is 0. The lowest BCUT2D eigenvalue weighted by Gasteiger charge is -2.38. The molecule has 1 spiro atoms. The van der Waals surface area contributed by atoms with E-state index in [1.165, 1.54) is 19.4 Å². The molecule has 2 aliphatic rings. The van der Waals surface area contributed by atoms with E-state index in [0.717, 1.165) is 44.6 Å². The number of hydrogen-bond acceptors (Lipinski definition) is 2. The van der Waals surface area contributed by atoms with Crippen molar-refractivity contribution in [3.63, 3.8) is 0 Å². The molecule has 3 rings (SSSR count). The van der Waals surface area contributed by atoms with Crippen molar-refractivity contribution in [1.29, 1.82) is 0 Å². The average Bonchev–Trinajstić information content (AvgIpc) is 2.85. The fourth-order valence-electron chi connectivity index (χ4n) is 3.74. The van der Waals surface area contributed by atoms with Crippen LogP contribution < -0.4 is 4.90 Å². The van der Waals surface area contributed by atoms with Gasteiger partial charge in [0, 0.05) is 17.3 Å². The van der Waals surface area contributed by atoms with Gasteiger partial charge < -0.3 is 9.80 Å². The molecular weight excluding hydrogens is 331 g/mol. The number of amides is 1. The van der Waals surface area contributed by atoms with Gasteiger partial charge in [-0.05, 0) is 69.6 Å². The molecule has 0 bridgehead atoms. The van der Waals surface area contributed by atoms with Crippen LogP contribution >= 0.6 is 24.0 Å². The highest BCUT2D eigenvalue weighted by atomic mass is 35.5. The third-order valence-corrected chi connectivity index (χ3v) is 5.54. The van der Waals surface area contributed by atoms with Crippen molar-refractivity contribution in [1.82, 2.24) is 4.90 Å². The first kappa shape index (κ1) is 18.6. The van der Waals surface area contributed by atoms with Gasteiger partial charge in [0.05, 0.1) is 5.41 Å². The van der Waals surface area contributed by atoms with Crippen LogP contribution in [0.25, 0.3) is 0 Å². The summed E-state index contributed by atoms with van der Waals surface area (Å²) < 4.78 is 0. The molecule has 2 aliphatic heterocycles. The maximum atomic E-state index is 13.0. The third-order valence-electron chi connectivity index (χ3n) is 5.29. The van der Waals surface area contributed by atoms with E-state index >= 15 is 0 Å². The highest BCUT2D eigenvalue weighted by Gasteiger charge is 2.48. The van der Waals surface area contributed by atoms with Crippen LogP contribution in [-0.2, 0) is 4.79 Å². The number of nitrogens with zero attached hydrogens (tertiary/aromatic N) is 2. The molecule has 2 fully saturated rings. The van der Waals surface area contributed by atoms with Crippen LogP contribution in [-0.4, -0.2) is 37.0 Å². The van der Waals surface area contributed by atoms with Gasteiger partial charge in [0.2, 0.25) is 5.91 Å². The summed E-state index contributed by atoms with van der Waals surface area (Å²) in [5.74, 6) is 0.324. The fourth-order valence-corrected chi connectivity index (χ4v) is 3.86. The van der Waals surface area contributed by atoms with Gasteiger partial charge in [0.15, 0.2) is 0 Å². The number of unbranched alkanes of at least 4 members (excludes halogenated alkanes) is 1. The number of rotatable bonds is 4. The molecule has 0 atom stereocenters. The molecule has 5 heteroatoms. The van der Waals surface area contributed by atoms with Gasteiger partial charge in [0.1, 0.15) is 0 Å². The Labute approximate surface area is 150 Å².